The average Bonchev–Trinajstić information content (AvgIpc) is 3.09. The molecule has 3 nitrogen and oxygen atoms in total. The molecule has 0 radical (unpaired) electrons. The molecule has 148 valence electrons. The number of nitrogens with zero attached hydrogens (tertiary/aromatic N) is 2. The molecule has 0 spiro atoms. The van der Waals surface area contributed by atoms with Crippen molar-refractivity contribution in [1.82, 2.24) is 4.90 Å². The zero-order chi connectivity index (χ0) is 19.7. The Kier molecular flexibility index (Phi) is 6.07. The Balaban J connectivity index is 1.67. The van der Waals surface area contributed by atoms with Crippen LogP contribution >= 0.6 is 22.6 Å². The molecule has 2 atom stereocenters. The quantitative estimate of drug-likeness (QED) is 0.504. The van der Waals surface area contributed by atoms with Crippen molar-refractivity contribution in [3.8, 4) is 0 Å². The van der Waals surface area contributed by atoms with Crippen LogP contribution in [0.15, 0.2) is 42.5 Å². The lowest BCUT2D eigenvalue weighted by atomic mass is 9.80. The zero-order valence-corrected chi connectivity index (χ0v) is 19.0. The third-order valence-corrected chi connectivity index (χ3v) is 7.19. The fourth-order valence-electron chi connectivity index (χ4n) is 5.03. The molecule has 2 aliphatic rings. The highest BCUT2D eigenvalue weighted by molar-refractivity contribution is 14.1. The first-order valence-electron chi connectivity index (χ1n) is 10.6. The topological polar surface area (TPSA) is 23.6 Å². The van der Waals surface area contributed by atoms with E-state index in [0.29, 0.717) is 12.0 Å². The van der Waals surface area contributed by atoms with Crippen molar-refractivity contribution in [1.29, 1.82) is 0 Å². The summed E-state index contributed by atoms with van der Waals surface area (Å²) in [6.45, 7) is 7.71. The molecule has 0 saturated heterocycles. The van der Waals surface area contributed by atoms with Crippen LogP contribution in [0.4, 0.5) is 5.69 Å². The van der Waals surface area contributed by atoms with E-state index in [1.807, 2.05) is 35.2 Å². The number of carbonyl (C=O) groups excluding carboxylic acids is 1. The maximum absolute atomic E-state index is 13.2. The highest BCUT2D eigenvalue weighted by atomic mass is 127. The number of benzene rings is 2. The number of rotatable bonds is 6. The molecule has 0 bridgehead atoms. The molecule has 28 heavy (non-hydrogen) atoms. The maximum atomic E-state index is 13.2. The summed E-state index contributed by atoms with van der Waals surface area (Å²) >= 11 is 2.49. The molecule has 0 N–H and O–H groups in total. The fourth-order valence-corrected chi connectivity index (χ4v) is 5.72. The summed E-state index contributed by atoms with van der Waals surface area (Å²) in [4.78, 5) is 17.9. The minimum absolute atomic E-state index is 0.133. The smallest absolute Gasteiger partial charge is 0.258 e. The molecule has 1 aliphatic heterocycles. The van der Waals surface area contributed by atoms with E-state index in [0.717, 1.165) is 24.2 Å². The zero-order valence-electron chi connectivity index (χ0n) is 16.8. The first kappa shape index (κ1) is 19.9. The first-order valence-corrected chi connectivity index (χ1v) is 11.6. The molecule has 1 amide bonds. The molecule has 0 saturated carbocycles. The normalized spacial score (nSPS) is 20.5. The van der Waals surface area contributed by atoms with E-state index < -0.39 is 0 Å². The van der Waals surface area contributed by atoms with E-state index in [1.165, 1.54) is 47.0 Å². The van der Waals surface area contributed by atoms with Crippen LogP contribution in [0.3, 0.4) is 0 Å². The van der Waals surface area contributed by atoms with E-state index >= 15 is 0 Å². The fraction of sp³-hybridized carbons (Fsp3) is 0.458. The summed E-state index contributed by atoms with van der Waals surface area (Å²) in [6.07, 6.45) is 4.68. The summed E-state index contributed by atoms with van der Waals surface area (Å²) in [5.74, 6) is 0.594. The average molecular weight is 488 g/mol. The standard InChI is InChI=1S/C24H29IN2O/c1-3-12-26(13-4-2)19-14-18-16-27(24(28)17-8-6-5-7-9-17)22-11-10-21(25)20(15-19)23(18)22/h5-11,18-19H,3-4,12-16H2,1-2H3/t18-,19-/m1/s1. The molecule has 0 unspecified atom stereocenters. The second-order valence-corrected chi connectivity index (χ2v) is 9.23. The van der Waals surface area contributed by atoms with Gasteiger partial charge in [-0.05, 0) is 96.8 Å². The van der Waals surface area contributed by atoms with Crippen molar-refractivity contribution in [3.05, 3.63) is 62.7 Å². The SMILES string of the molecule is CCCN(CCC)[C@H]1Cc2c(I)ccc3c2[C@H](C1)CN3C(=O)c1ccccc1. The van der Waals surface area contributed by atoms with Gasteiger partial charge in [-0.1, -0.05) is 32.0 Å². The van der Waals surface area contributed by atoms with Crippen LogP contribution < -0.4 is 4.90 Å². The first-order chi connectivity index (χ1) is 13.6. The third-order valence-electron chi connectivity index (χ3n) is 6.18. The van der Waals surface area contributed by atoms with Gasteiger partial charge in [-0.3, -0.25) is 4.79 Å². The van der Waals surface area contributed by atoms with Crippen molar-refractivity contribution >= 4 is 34.2 Å². The third kappa shape index (κ3) is 3.61. The Bertz CT molecular complexity index is 845. The predicted octanol–water partition coefficient (Wildman–Crippen LogP) is 5.47. The van der Waals surface area contributed by atoms with Crippen LogP contribution in [0.2, 0.25) is 0 Å². The Morgan fingerprint density at radius 2 is 1.82 bits per heavy atom. The summed E-state index contributed by atoms with van der Waals surface area (Å²) in [7, 11) is 0. The predicted molar refractivity (Wildman–Crippen MR) is 124 cm³/mol. The Hall–Kier alpha value is -1.40. The van der Waals surface area contributed by atoms with Gasteiger partial charge in [0.15, 0.2) is 0 Å². The van der Waals surface area contributed by atoms with Gasteiger partial charge in [-0.2, -0.15) is 0 Å². The highest BCUT2D eigenvalue weighted by Gasteiger charge is 2.40. The Morgan fingerprint density at radius 1 is 1.11 bits per heavy atom. The highest BCUT2D eigenvalue weighted by Crippen LogP contribution is 2.47. The Morgan fingerprint density at radius 3 is 2.50 bits per heavy atom. The molecule has 0 fully saturated rings. The van der Waals surface area contributed by atoms with Crippen molar-refractivity contribution < 1.29 is 4.79 Å². The summed E-state index contributed by atoms with van der Waals surface area (Å²) in [6, 6.07) is 14.7. The van der Waals surface area contributed by atoms with E-state index in [9.17, 15) is 4.79 Å². The van der Waals surface area contributed by atoms with Gasteiger partial charge in [-0.25, -0.2) is 0 Å². The minimum atomic E-state index is 0.133. The summed E-state index contributed by atoms with van der Waals surface area (Å²) in [5, 5.41) is 0. The maximum Gasteiger partial charge on any atom is 0.258 e. The van der Waals surface area contributed by atoms with Crippen molar-refractivity contribution in [2.75, 3.05) is 24.5 Å². The van der Waals surface area contributed by atoms with Gasteiger partial charge in [0, 0.05) is 33.3 Å². The summed E-state index contributed by atoms with van der Waals surface area (Å²) < 4.78 is 1.35. The van der Waals surface area contributed by atoms with Crippen LogP contribution in [-0.2, 0) is 6.42 Å². The van der Waals surface area contributed by atoms with Gasteiger partial charge >= 0.3 is 0 Å². The number of carbonyl (C=O) groups is 1. The lowest BCUT2D eigenvalue weighted by molar-refractivity contribution is 0.0986. The lowest BCUT2D eigenvalue weighted by Gasteiger charge is -2.37. The van der Waals surface area contributed by atoms with Crippen molar-refractivity contribution in [2.45, 2.75) is 51.5 Å². The van der Waals surface area contributed by atoms with Crippen LogP contribution in [-0.4, -0.2) is 36.5 Å². The van der Waals surface area contributed by atoms with Crippen molar-refractivity contribution in [2.24, 2.45) is 0 Å². The number of amides is 1. The van der Waals surface area contributed by atoms with Crippen LogP contribution in [0, 0.1) is 3.57 Å². The van der Waals surface area contributed by atoms with Crippen molar-refractivity contribution in [3.63, 3.8) is 0 Å². The van der Waals surface area contributed by atoms with Crippen LogP contribution in [0.5, 0.6) is 0 Å². The van der Waals surface area contributed by atoms with Crippen LogP contribution in [0.1, 0.15) is 60.5 Å². The number of anilines is 1. The largest absolute Gasteiger partial charge is 0.307 e. The van der Waals surface area contributed by atoms with Gasteiger partial charge in [0.25, 0.3) is 5.91 Å². The van der Waals surface area contributed by atoms with E-state index in [4.69, 9.17) is 0 Å². The molecule has 4 heteroatoms. The van der Waals surface area contributed by atoms with Crippen LogP contribution in [0.25, 0.3) is 0 Å². The van der Waals surface area contributed by atoms with Gasteiger partial charge in [-0.15, -0.1) is 0 Å². The molecular formula is C24H29IN2O. The second-order valence-electron chi connectivity index (χ2n) is 8.07. The van der Waals surface area contributed by atoms with Gasteiger partial charge in [0.1, 0.15) is 0 Å². The van der Waals surface area contributed by atoms with E-state index in [-0.39, 0.29) is 5.91 Å². The molecule has 0 aromatic heterocycles. The van der Waals surface area contributed by atoms with E-state index in [2.05, 4.69) is 53.5 Å². The monoisotopic (exact) mass is 488 g/mol. The van der Waals surface area contributed by atoms with Gasteiger partial charge < -0.3 is 9.80 Å². The molecule has 2 aromatic rings. The summed E-state index contributed by atoms with van der Waals surface area (Å²) in [5.41, 5.74) is 4.86. The molecule has 2 aromatic carbocycles. The molecule has 1 aliphatic carbocycles. The lowest BCUT2D eigenvalue weighted by Crippen LogP contribution is -2.42. The minimum Gasteiger partial charge on any atom is -0.307 e. The number of hydrogen-bond acceptors (Lipinski definition) is 2. The molecule has 1 heterocycles. The molecular weight excluding hydrogens is 459 g/mol. The molecule has 4 rings (SSSR count). The van der Waals surface area contributed by atoms with Gasteiger partial charge in [0.2, 0.25) is 0 Å². The number of halogens is 1. The van der Waals surface area contributed by atoms with E-state index in [1.54, 1.807) is 0 Å². The number of hydrogen-bond donors (Lipinski definition) is 0. The van der Waals surface area contributed by atoms with Gasteiger partial charge in [0.05, 0.1) is 0 Å². The second kappa shape index (κ2) is 8.54. The Labute approximate surface area is 182 Å².